The number of aryl methyl sites for hydroxylation is 2. The van der Waals surface area contributed by atoms with Gasteiger partial charge in [-0.15, -0.1) is 0 Å². The third kappa shape index (κ3) is 3.22. The topological polar surface area (TPSA) is 64.7 Å². The lowest BCUT2D eigenvalue weighted by Gasteiger charge is -2.07. The van der Waals surface area contributed by atoms with E-state index in [0.29, 0.717) is 12.1 Å². The van der Waals surface area contributed by atoms with Crippen LogP contribution in [0.1, 0.15) is 27.3 Å². The average Bonchev–Trinajstić information content (AvgIpc) is 3.17. The van der Waals surface area contributed by atoms with E-state index in [1.54, 1.807) is 10.9 Å². The minimum atomic E-state index is -0.0636. The van der Waals surface area contributed by atoms with Crippen molar-refractivity contribution in [1.29, 1.82) is 0 Å². The SMILES string of the molecule is Cc1nn(C)c(C)c1C(=O)NCCc1ccc(-n2cccn2)cc1. The quantitative estimate of drug-likeness (QED) is 0.783. The second kappa shape index (κ2) is 6.70. The fourth-order valence-electron chi connectivity index (χ4n) is 2.75. The zero-order chi connectivity index (χ0) is 17.1. The molecule has 0 spiro atoms. The standard InChI is InChI=1S/C18H21N5O/c1-13-17(14(2)22(3)21-13)18(24)19-11-9-15-5-7-16(8-6-15)23-12-4-10-20-23/h4-8,10,12H,9,11H2,1-3H3,(H,19,24). The van der Waals surface area contributed by atoms with Gasteiger partial charge >= 0.3 is 0 Å². The molecule has 1 N–H and O–H groups in total. The molecular weight excluding hydrogens is 302 g/mol. The van der Waals surface area contributed by atoms with Gasteiger partial charge in [-0.3, -0.25) is 9.48 Å². The maximum absolute atomic E-state index is 12.3. The Morgan fingerprint density at radius 3 is 2.54 bits per heavy atom. The molecule has 6 nitrogen and oxygen atoms in total. The van der Waals surface area contributed by atoms with Gasteiger partial charge in [0.05, 0.1) is 16.9 Å². The Kier molecular flexibility index (Phi) is 4.46. The van der Waals surface area contributed by atoms with Crippen LogP contribution in [0, 0.1) is 13.8 Å². The highest BCUT2D eigenvalue weighted by molar-refractivity contribution is 5.96. The normalized spacial score (nSPS) is 10.8. The van der Waals surface area contributed by atoms with Crippen molar-refractivity contribution in [3.05, 3.63) is 65.2 Å². The highest BCUT2D eigenvalue weighted by Crippen LogP contribution is 2.12. The van der Waals surface area contributed by atoms with Crippen LogP contribution in [0.2, 0.25) is 0 Å². The molecule has 0 aliphatic heterocycles. The summed E-state index contributed by atoms with van der Waals surface area (Å²) < 4.78 is 3.55. The highest BCUT2D eigenvalue weighted by Gasteiger charge is 2.16. The summed E-state index contributed by atoms with van der Waals surface area (Å²) in [5, 5.41) is 11.5. The predicted octanol–water partition coefficient (Wildman–Crippen LogP) is 2.20. The van der Waals surface area contributed by atoms with Gasteiger partial charge in [0, 0.05) is 31.7 Å². The molecule has 2 aromatic heterocycles. The van der Waals surface area contributed by atoms with E-state index in [2.05, 4.69) is 27.6 Å². The molecule has 0 aliphatic rings. The fourth-order valence-corrected chi connectivity index (χ4v) is 2.75. The van der Waals surface area contributed by atoms with E-state index in [0.717, 1.165) is 23.5 Å². The molecule has 24 heavy (non-hydrogen) atoms. The summed E-state index contributed by atoms with van der Waals surface area (Å²) in [6, 6.07) is 10.1. The lowest BCUT2D eigenvalue weighted by atomic mass is 10.1. The molecule has 0 fully saturated rings. The van der Waals surface area contributed by atoms with Gasteiger partial charge in [0.1, 0.15) is 0 Å². The van der Waals surface area contributed by atoms with Crippen molar-refractivity contribution in [2.75, 3.05) is 6.54 Å². The molecule has 1 aromatic carbocycles. The Hall–Kier alpha value is -2.89. The van der Waals surface area contributed by atoms with E-state index in [9.17, 15) is 4.79 Å². The fraction of sp³-hybridized carbons (Fsp3) is 0.278. The Bertz CT molecular complexity index is 831. The monoisotopic (exact) mass is 323 g/mol. The predicted molar refractivity (Wildman–Crippen MR) is 92.3 cm³/mol. The average molecular weight is 323 g/mol. The zero-order valence-corrected chi connectivity index (χ0v) is 14.2. The van der Waals surface area contributed by atoms with E-state index in [4.69, 9.17) is 0 Å². The molecule has 124 valence electrons. The summed E-state index contributed by atoms with van der Waals surface area (Å²) >= 11 is 0. The van der Waals surface area contributed by atoms with Crippen molar-refractivity contribution < 1.29 is 4.79 Å². The number of rotatable bonds is 5. The zero-order valence-electron chi connectivity index (χ0n) is 14.2. The van der Waals surface area contributed by atoms with E-state index < -0.39 is 0 Å². The third-order valence-corrected chi connectivity index (χ3v) is 4.14. The molecule has 0 unspecified atom stereocenters. The third-order valence-electron chi connectivity index (χ3n) is 4.14. The Morgan fingerprint density at radius 1 is 1.21 bits per heavy atom. The lowest BCUT2D eigenvalue weighted by molar-refractivity contribution is 0.0953. The number of benzene rings is 1. The van der Waals surface area contributed by atoms with Crippen LogP contribution in [0.3, 0.4) is 0 Å². The Labute approximate surface area is 141 Å². The van der Waals surface area contributed by atoms with Gasteiger partial charge in [-0.2, -0.15) is 10.2 Å². The van der Waals surface area contributed by atoms with Gasteiger partial charge in [-0.25, -0.2) is 4.68 Å². The maximum Gasteiger partial charge on any atom is 0.255 e. The van der Waals surface area contributed by atoms with Crippen molar-refractivity contribution in [2.24, 2.45) is 7.05 Å². The molecule has 0 saturated heterocycles. The second-order valence-corrected chi connectivity index (χ2v) is 5.79. The van der Waals surface area contributed by atoms with Gasteiger partial charge in [0.15, 0.2) is 0 Å². The van der Waals surface area contributed by atoms with E-state index >= 15 is 0 Å². The number of carbonyl (C=O) groups is 1. The molecule has 1 amide bonds. The van der Waals surface area contributed by atoms with Crippen LogP contribution in [-0.2, 0) is 13.5 Å². The highest BCUT2D eigenvalue weighted by atomic mass is 16.1. The number of nitrogens with one attached hydrogen (secondary N) is 1. The van der Waals surface area contributed by atoms with Gasteiger partial charge in [0.25, 0.3) is 5.91 Å². The van der Waals surface area contributed by atoms with Gasteiger partial charge < -0.3 is 5.32 Å². The second-order valence-electron chi connectivity index (χ2n) is 5.79. The largest absolute Gasteiger partial charge is 0.352 e. The minimum Gasteiger partial charge on any atom is -0.352 e. The number of aromatic nitrogens is 4. The van der Waals surface area contributed by atoms with Crippen molar-refractivity contribution >= 4 is 5.91 Å². The molecule has 3 rings (SSSR count). The molecule has 6 heteroatoms. The van der Waals surface area contributed by atoms with Crippen LogP contribution in [0.25, 0.3) is 5.69 Å². The first-order valence-electron chi connectivity index (χ1n) is 7.93. The first kappa shape index (κ1) is 16.0. The van der Waals surface area contributed by atoms with Gasteiger partial charge in [-0.05, 0) is 44.0 Å². The lowest BCUT2D eigenvalue weighted by Crippen LogP contribution is -2.26. The summed E-state index contributed by atoms with van der Waals surface area (Å²) in [6.07, 6.45) is 4.45. The van der Waals surface area contributed by atoms with Gasteiger partial charge in [0.2, 0.25) is 0 Å². The van der Waals surface area contributed by atoms with Crippen LogP contribution in [0.4, 0.5) is 0 Å². The van der Waals surface area contributed by atoms with Crippen LogP contribution in [0.15, 0.2) is 42.7 Å². The molecule has 3 aromatic rings. The summed E-state index contributed by atoms with van der Waals surface area (Å²) in [5.74, 6) is -0.0636. The Balaban J connectivity index is 1.57. The first-order valence-corrected chi connectivity index (χ1v) is 7.93. The van der Waals surface area contributed by atoms with Crippen molar-refractivity contribution in [2.45, 2.75) is 20.3 Å². The molecule has 0 aliphatic carbocycles. The van der Waals surface area contributed by atoms with Crippen LogP contribution in [0.5, 0.6) is 0 Å². The molecule has 2 heterocycles. The van der Waals surface area contributed by atoms with Crippen molar-refractivity contribution in [3.63, 3.8) is 0 Å². The minimum absolute atomic E-state index is 0.0636. The molecule has 0 radical (unpaired) electrons. The number of carbonyl (C=O) groups excluding carboxylic acids is 1. The summed E-state index contributed by atoms with van der Waals surface area (Å²) in [7, 11) is 1.85. The Morgan fingerprint density at radius 2 is 1.96 bits per heavy atom. The summed E-state index contributed by atoms with van der Waals surface area (Å²) in [5.41, 5.74) is 4.51. The summed E-state index contributed by atoms with van der Waals surface area (Å²) in [6.45, 7) is 4.35. The van der Waals surface area contributed by atoms with Crippen LogP contribution in [-0.4, -0.2) is 32.0 Å². The maximum atomic E-state index is 12.3. The molecule has 0 saturated carbocycles. The number of amides is 1. The molecular formula is C18H21N5O. The van der Waals surface area contributed by atoms with E-state index in [1.165, 1.54) is 5.56 Å². The summed E-state index contributed by atoms with van der Waals surface area (Å²) in [4.78, 5) is 12.3. The molecule has 0 bridgehead atoms. The smallest absolute Gasteiger partial charge is 0.255 e. The van der Waals surface area contributed by atoms with Crippen molar-refractivity contribution in [1.82, 2.24) is 24.9 Å². The number of nitrogens with zero attached hydrogens (tertiary/aromatic N) is 4. The van der Waals surface area contributed by atoms with E-state index in [-0.39, 0.29) is 5.91 Å². The van der Waals surface area contributed by atoms with Crippen LogP contribution < -0.4 is 5.32 Å². The van der Waals surface area contributed by atoms with Crippen LogP contribution >= 0.6 is 0 Å². The number of hydrogen-bond donors (Lipinski definition) is 1. The van der Waals surface area contributed by atoms with Crippen molar-refractivity contribution in [3.8, 4) is 5.69 Å². The number of hydrogen-bond acceptors (Lipinski definition) is 3. The molecule has 0 atom stereocenters. The van der Waals surface area contributed by atoms with E-state index in [1.807, 2.05) is 50.0 Å². The van der Waals surface area contributed by atoms with Gasteiger partial charge in [-0.1, -0.05) is 12.1 Å². The first-order chi connectivity index (χ1) is 11.6.